The van der Waals surface area contributed by atoms with Gasteiger partial charge in [0.15, 0.2) is 0 Å². The molecule has 14 heavy (non-hydrogen) atoms. The molecule has 1 aliphatic heterocycles. The summed E-state index contributed by atoms with van der Waals surface area (Å²) in [4.78, 5) is 0. The normalized spacial score (nSPS) is 36.4. The molecule has 3 unspecified atom stereocenters. The third kappa shape index (κ3) is 2.25. The van der Waals surface area contributed by atoms with Gasteiger partial charge in [0.1, 0.15) is 0 Å². The van der Waals surface area contributed by atoms with Crippen LogP contribution in [0, 0.1) is 5.92 Å². The average Bonchev–Trinajstić information content (AvgIpc) is 2.12. The number of nitrogens with one attached hydrogen (secondary N) is 1. The van der Waals surface area contributed by atoms with Crippen molar-refractivity contribution in [1.29, 1.82) is 0 Å². The van der Waals surface area contributed by atoms with Gasteiger partial charge in [0, 0.05) is 28.0 Å². The third-order valence-electron chi connectivity index (χ3n) is 3.58. The van der Waals surface area contributed by atoms with Gasteiger partial charge in [-0.05, 0) is 25.8 Å². The Hall–Kier alpha value is 0.660. The molecule has 3 atom stereocenters. The highest BCUT2D eigenvalue weighted by Crippen LogP contribution is 2.40. The van der Waals surface area contributed by atoms with Crippen molar-refractivity contribution in [2.24, 2.45) is 5.92 Å². The maximum absolute atomic E-state index is 3.57. The van der Waals surface area contributed by atoms with Crippen LogP contribution in [0.5, 0.6) is 0 Å². The molecule has 1 nitrogen and oxygen atoms in total. The van der Waals surface area contributed by atoms with E-state index in [1.807, 2.05) is 0 Å². The molecule has 82 valence electrons. The van der Waals surface area contributed by atoms with Crippen molar-refractivity contribution in [1.82, 2.24) is 5.32 Å². The molecule has 3 heteroatoms. The second-order valence-corrected chi connectivity index (χ2v) is 7.19. The van der Waals surface area contributed by atoms with Crippen LogP contribution in [0.25, 0.3) is 0 Å². The monoisotopic (exact) mass is 231 g/mol. The molecule has 2 rings (SSSR count). The van der Waals surface area contributed by atoms with E-state index in [0.717, 1.165) is 22.5 Å². The first-order valence-electron chi connectivity index (χ1n) is 5.73. The number of hydrogen-bond donors (Lipinski definition) is 1. The Morgan fingerprint density at radius 2 is 1.93 bits per heavy atom. The van der Waals surface area contributed by atoms with Gasteiger partial charge in [0.05, 0.1) is 0 Å². The second kappa shape index (κ2) is 5.13. The quantitative estimate of drug-likeness (QED) is 0.802. The van der Waals surface area contributed by atoms with E-state index in [1.54, 1.807) is 0 Å². The molecule has 1 saturated carbocycles. The molecule has 0 spiro atoms. The van der Waals surface area contributed by atoms with Crippen molar-refractivity contribution >= 4 is 23.5 Å². The van der Waals surface area contributed by atoms with E-state index >= 15 is 0 Å². The van der Waals surface area contributed by atoms with Gasteiger partial charge in [-0.25, -0.2) is 0 Å². The lowest BCUT2D eigenvalue weighted by Gasteiger charge is -2.42. The number of hydrogen-bond acceptors (Lipinski definition) is 3. The van der Waals surface area contributed by atoms with E-state index in [9.17, 15) is 0 Å². The van der Waals surface area contributed by atoms with Gasteiger partial charge in [-0.2, -0.15) is 23.5 Å². The van der Waals surface area contributed by atoms with Crippen LogP contribution in [0.3, 0.4) is 0 Å². The summed E-state index contributed by atoms with van der Waals surface area (Å²) in [6.07, 6.45) is 4.38. The lowest BCUT2D eigenvalue weighted by Crippen LogP contribution is -2.49. The van der Waals surface area contributed by atoms with Crippen molar-refractivity contribution < 1.29 is 0 Å². The molecule has 1 N–H and O–H groups in total. The molecule has 0 radical (unpaired) electrons. The van der Waals surface area contributed by atoms with E-state index < -0.39 is 0 Å². The predicted molar refractivity (Wildman–Crippen MR) is 68.4 cm³/mol. The van der Waals surface area contributed by atoms with Gasteiger partial charge in [-0.15, -0.1) is 0 Å². The highest BCUT2D eigenvalue weighted by atomic mass is 32.2. The molecule has 0 aromatic heterocycles. The van der Waals surface area contributed by atoms with Crippen molar-refractivity contribution in [3.8, 4) is 0 Å². The van der Waals surface area contributed by atoms with Gasteiger partial charge in [0.2, 0.25) is 0 Å². The van der Waals surface area contributed by atoms with Crippen molar-refractivity contribution in [2.45, 2.75) is 42.7 Å². The largest absolute Gasteiger partial charge is 0.316 e. The van der Waals surface area contributed by atoms with Crippen LogP contribution in [0.2, 0.25) is 0 Å². The molecule has 2 fully saturated rings. The molecular weight excluding hydrogens is 210 g/mol. The van der Waals surface area contributed by atoms with E-state index in [2.05, 4.69) is 42.8 Å². The Labute approximate surface area is 96.2 Å². The zero-order valence-electron chi connectivity index (χ0n) is 9.16. The summed E-state index contributed by atoms with van der Waals surface area (Å²) in [5, 5.41) is 5.26. The minimum absolute atomic E-state index is 0.775. The molecular formula is C11H21NS2. The Bertz CT molecular complexity index is 180. The Balaban J connectivity index is 1.94. The molecule has 0 amide bonds. The Morgan fingerprint density at radius 3 is 2.43 bits per heavy atom. The first-order valence-corrected chi connectivity index (χ1v) is 7.83. The lowest BCUT2D eigenvalue weighted by molar-refractivity contribution is 0.232. The third-order valence-corrected chi connectivity index (χ3v) is 6.80. The zero-order chi connectivity index (χ0) is 9.97. The standard InChI is InChI=1S/C11H21NS2/c1-8-11(14-7-6-13-8)10(12-2)9-4-3-5-9/h8-12H,3-7H2,1-2H3. The highest BCUT2D eigenvalue weighted by Gasteiger charge is 2.36. The van der Waals surface area contributed by atoms with Gasteiger partial charge < -0.3 is 5.32 Å². The van der Waals surface area contributed by atoms with Crippen molar-refractivity contribution in [3.63, 3.8) is 0 Å². The molecule has 2 aliphatic rings. The highest BCUT2D eigenvalue weighted by molar-refractivity contribution is 8.07. The smallest absolute Gasteiger partial charge is 0.0320 e. The molecule has 0 aromatic carbocycles. The van der Waals surface area contributed by atoms with Gasteiger partial charge in [0.25, 0.3) is 0 Å². The van der Waals surface area contributed by atoms with Crippen molar-refractivity contribution in [3.05, 3.63) is 0 Å². The van der Waals surface area contributed by atoms with Crippen LogP contribution >= 0.6 is 23.5 Å². The molecule has 1 heterocycles. The Morgan fingerprint density at radius 1 is 1.21 bits per heavy atom. The van der Waals surface area contributed by atoms with Crippen LogP contribution in [-0.4, -0.2) is 35.1 Å². The van der Waals surface area contributed by atoms with E-state index in [-0.39, 0.29) is 0 Å². The van der Waals surface area contributed by atoms with Gasteiger partial charge in [-0.1, -0.05) is 13.3 Å². The minimum atomic E-state index is 0.775. The fourth-order valence-corrected chi connectivity index (χ4v) is 5.59. The zero-order valence-corrected chi connectivity index (χ0v) is 10.8. The average molecular weight is 231 g/mol. The lowest BCUT2D eigenvalue weighted by atomic mass is 9.78. The summed E-state index contributed by atoms with van der Waals surface area (Å²) < 4.78 is 0. The summed E-state index contributed by atoms with van der Waals surface area (Å²) in [6.45, 7) is 2.41. The summed E-state index contributed by atoms with van der Waals surface area (Å²) in [6, 6.07) is 0.775. The summed E-state index contributed by atoms with van der Waals surface area (Å²) >= 11 is 4.36. The maximum atomic E-state index is 3.57. The topological polar surface area (TPSA) is 12.0 Å². The summed E-state index contributed by atoms with van der Waals surface area (Å²) in [5.41, 5.74) is 0. The van der Waals surface area contributed by atoms with Crippen LogP contribution in [0.4, 0.5) is 0 Å². The second-order valence-electron chi connectivity index (χ2n) is 4.42. The van der Waals surface area contributed by atoms with Gasteiger partial charge in [-0.3, -0.25) is 0 Å². The number of thioether (sulfide) groups is 2. The van der Waals surface area contributed by atoms with Crippen molar-refractivity contribution in [2.75, 3.05) is 18.6 Å². The van der Waals surface area contributed by atoms with E-state index in [4.69, 9.17) is 0 Å². The van der Waals surface area contributed by atoms with Crippen LogP contribution in [0.1, 0.15) is 26.2 Å². The Kier molecular flexibility index (Phi) is 4.09. The van der Waals surface area contributed by atoms with Crippen LogP contribution in [0.15, 0.2) is 0 Å². The molecule has 1 aliphatic carbocycles. The van der Waals surface area contributed by atoms with Crippen LogP contribution < -0.4 is 5.32 Å². The van der Waals surface area contributed by atoms with Crippen LogP contribution in [-0.2, 0) is 0 Å². The first-order chi connectivity index (χ1) is 6.83. The minimum Gasteiger partial charge on any atom is -0.316 e. The molecule has 0 aromatic rings. The van der Waals surface area contributed by atoms with Gasteiger partial charge >= 0.3 is 0 Å². The fourth-order valence-electron chi connectivity index (χ4n) is 2.51. The first kappa shape index (κ1) is 11.2. The number of rotatable bonds is 3. The van der Waals surface area contributed by atoms with E-state index in [1.165, 1.54) is 30.8 Å². The molecule has 1 saturated heterocycles. The predicted octanol–water partition coefficient (Wildman–Crippen LogP) is 2.61. The summed E-state index contributed by atoms with van der Waals surface area (Å²) in [5.74, 6) is 3.67. The SMILES string of the molecule is CNC(C1CCC1)C1SCCSC1C. The maximum Gasteiger partial charge on any atom is 0.0320 e. The fraction of sp³-hybridized carbons (Fsp3) is 1.00. The summed E-state index contributed by atoms with van der Waals surface area (Å²) in [7, 11) is 2.15. The van der Waals surface area contributed by atoms with E-state index in [0.29, 0.717) is 0 Å². The molecule has 0 bridgehead atoms.